The van der Waals surface area contributed by atoms with Crippen molar-refractivity contribution < 1.29 is 10.2 Å². The number of nitrogens with one attached hydrogen (secondary N) is 1. The Hall–Kier alpha value is -1.05. The van der Waals surface area contributed by atoms with E-state index < -0.39 is 11.2 Å². The van der Waals surface area contributed by atoms with Crippen LogP contribution in [0, 0.1) is 6.92 Å². The lowest BCUT2D eigenvalue weighted by Gasteiger charge is -2.17. The van der Waals surface area contributed by atoms with Crippen LogP contribution in [0.1, 0.15) is 17.4 Å². The Morgan fingerprint density at radius 2 is 2.12 bits per heavy atom. The minimum atomic E-state index is -0.496. The van der Waals surface area contributed by atoms with Crippen LogP contribution in [0.15, 0.2) is 15.8 Å². The van der Waals surface area contributed by atoms with E-state index in [1.807, 2.05) is 0 Å². The van der Waals surface area contributed by atoms with Gasteiger partial charge in [0.15, 0.2) is 0 Å². The molecule has 1 heterocycles. The number of hydrogen-bond donors (Lipinski definition) is 3. The first-order valence-corrected chi connectivity index (χ1v) is 6.30. The zero-order chi connectivity index (χ0) is 12.8. The summed E-state index contributed by atoms with van der Waals surface area (Å²) in [5.41, 5.74) is -0.456. The van der Waals surface area contributed by atoms with Gasteiger partial charge in [-0.25, -0.2) is 4.79 Å². The molecule has 0 aromatic carbocycles. The molecule has 3 N–H and O–H groups in total. The molecular weight excluding hydrogens is 244 g/mol. The van der Waals surface area contributed by atoms with E-state index in [0.717, 1.165) is 0 Å². The zero-order valence-electron chi connectivity index (χ0n) is 9.55. The molecule has 1 atom stereocenters. The maximum Gasteiger partial charge on any atom is 0.329 e. The highest BCUT2D eigenvalue weighted by atomic mass is 32.2. The number of aryl methyl sites for hydroxylation is 1. The van der Waals surface area contributed by atoms with Crippen molar-refractivity contribution in [2.24, 2.45) is 0 Å². The number of aliphatic hydroxyl groups excluding tert-OH is 2. The highest BCUT2D eigenvalue weighted by Gasteiger charge is 2.13. The number of rotatable bonds is 6. The predicted octanol–water partition coefficient (Wildman–Crippen LogP) is -0.548. The molecule has 0 unspecified atom stereocenters. The Labute approximate surface area is 102 Å². The van der Waals surface area contributed by atoms with Crippen LogP contribution >= 0.6 is 11.8 Å². The van der Waals surface area contributed by atoms with Crippen molar-refractivity contribution in [3.8, 4) is 0 Å². The summed E-state index contributed by atoms with van der Waals surface area (Å²) in [7, 11) is 0. The molecule has 0 aliphatic rings. The Bertz CT molecular complexity index is 468. The first kappa shape index (κ1) is 14.0. The average molecular weight is 260 g/mol. The second-order valence-electron chi connectivity index (χ2n) is 3.54. The van der Waals surface area contributed by atoms with Gasteiger partial charge in [0.1, 0.15) is 0 Å². The fourth-order valence-corrected chi connectivity index (χ4v) is 2.37. The molecule has 0 aliphatic carbocycles. The van der Waals surface area contributed by atoms with Crippen LogP contribution in [-0.4, -0.2) is 38.7 Å². The molecule has 0 amide bonds. The third-order valence-electron chi connectivity index (χ3n) is 2.23. The normalized spacial score (nSPS) is 12.6. The number of aromatic nitrogens is 2. The Kier molecular flexibility index (Phi) is 5.46. The summed E-state index contributed by atoms with van der Waals surface area (Å²) in [4.78, 5) is 25.1. The maximum atomic E-state index is 11.6. The number of thioether (sulfide) groups is 1. The van der Waals surface area contributed by atoms with Gasteiger partial charge in [0.05, 0.1) is 12.0 Å². The van der Waals surface area contributed by atoms with E-state index in [-0.39, 0.29) is 18.6 Å². The van der Waals surface area contributed by atoms with Crippen LogP contribution in [-0.2, 0) is 0 Å². The highest BCUT2D eigenvalue weighted by molar-refractivity contribution is 7.99. The van der Waals surface area contributed by atoms with Gasteiger partial charge in [-0.2, -0.15) is 0 Å². The number of aromatic amines is 1. The van der Waals surface area contributed by atoms with Gasteiger partial charge in [-0.3, -0.25) is 14.3 Å². The second-order valence-corrected chi connectivity index (χ2v) is 4.83. The molecule has 1 rings (SSSR count). The largest absolute Gasteiger partial charge is 0.396 e. The van der Waals surface area contributed by atoms with Crippen molar-refractivity contribution in [2.75, 3.05) is 19.0 Å². The molecule has 1 aromatic heterocycles. The van der Waals surface area contributed by atoms with E-state index in [9.17, 15) is 9.59 Å². The topological polar surface area (TPSA) is 95.3 Å². The summed E-state index contributed by atoms with van der Waals surface area (Å²) < 4.78 is 1.38. The molecule has 1 aromatic rings. The summed E-state index contributed by atoms with van der Waals surface area (Å²) in [5, 5.41) is 17.4. The highest BCUT2D eigenvalue weighted by Crippen LogP contribution is 2.23. The van der Waals surface area contributed by atoms with E-state index >= 15 is 0 Å². The third-order valence-corrected chi connectivity index (χ3v) is 3.50. The molecule has 0 saturated heterocycles. The summed E-state index contributed by atoms with van der Waals surface area (Å²) in [6.07, 6.45) is 1.86. The Balaban J connectivity index is 3.04. The molecule has 0 bridgehead atoms. The van der Waals surface area contributed by atoms with Crippen molar-refractivity contribution in [1.82, 2.24) is 9.55 Å². The van der Waals surface area contributed by atoms with Crippen molar-refractivity contribution in [3.63, 3.8) is 0 Å². The number of aliphatic hydroxyl groups is 2. The molecule has 7 heteroatoms. The van der Waals surface area contributed by atoms with Gasteiger partial charge in [-0.1, -0.05) is 0 Å². The van der Waals surface area contributed by atoms with E-state index in [0.29, 0.717) is 17.7 Å². The van der Waals surface area contributed by atoms with Crippen LogP contribution in [0.3, 0.4) is 0 Å². The lowest BCUT2D eigenvalue weighted by Crippen LogP contribution is -2.32. The van der Waals surface area contributed by atoms with E-state index in [1.54, 1.807) is 6.92 Å². The smallest absolute Gasteiger partial charge is 0.329 e. The minimum Gasteiger partial charge on any atom is -0.396 e. The van der Waals surface area contributed by atoms with Gasteiger partial charge in [0, 0.05) is 30.5 Å². The lowest BCUT2D eigenvalue weighted by molar-refractivity contribution is 0.276. The second kappa shape index (κ2) is 6.63. The monoisotopic (exact) mass is 260 g/mol. The van der Waals surface area contributed by atoms with Crippen molar-refractivity contribution in [1.29, 1.82) is 0 Å². The summed E-state index contributed by atoms with van der Waals surface area (Å²) in [6, 6.07) is 0. The Morgan fingerprint density at radius 3 is 2.71 bits per heavy atom. The lowest BCUT2D eigenvalue weighted by atomic mass is 10.3. The number of nitrogens with zero attached hydrogens (tertiary/aromatic N) is 1. The first-order valence-electron chi connectivity index (χ1n) is 5.25. The van der Waals surface area contributed by atoms with Crippen LogP contribution in [0.5, 0.6) is 0 Å². The van der Waals surface area contributed by atoms with Gasteiger partial charge in [-0.15, -0.1) is 11.8 Å². The van der Waals surface area contributed by atoms with Gasteiger partial charge in [0.25, 0.3) is 5.56 Å². The van der Waals surface area contributed by atoms with Crippen LogP contribution < -0.4 is 11.2 Å². The molecule has 0 saturated carbocycles. The fraction of sp³-hybridized carbons (Fsp3) is 0.600. The standard InChI is InChI=1S/C10H16N2O4S/c1-7-6-12(10(16)11-9(7)15)8(2-3-13)17-5-4-14/h6,8,13-14H,2-5H2,1H3,(H,11,15,16)/t8-/m1/s1. The summed E-state index contributed by atoms with van der Waals surface area (Å²) in [6.45, 7) is 1.55. The molecule has 17 heavy (non-hydrogen) atoms. The molecule has 0 fully saturated rings. The Morgan fingerprint density at radius 1 is 1.41 bits per heavy atom. The zero-order valence-corrected chi connectivity index (χ0v) is 10.4. The fourth-order valence-electron chi connectivity index (χ4n) is 1.40. The minimum absolute atomic E-state index is 0.00365. The molecule has 96 valence electrons. The van der Waals surface area contributed by atoms with Gasteiger partial charge < -0.3 is 10.2 Å². The van der Waals surface area contributed by atoms with Gasteiger partial charge >= 0.3 is 5.69 Å². The molecule has 0 aliphatic heterocycles. The molecule has 6 nitrogen and oxygen atoms in total. The predicted molar refractivity (Wildman–Crippen MR) is 66.3 cm³/mol. The first-order chi connectivity index (χ1) is 8.10. The van der Waals surface area contributed by atoms with Crippen molar-refractivity contribution in [2.45, 2.75) is 18.7 Å². The SMILES string of the molecule is Cc1cn([C@@H](CCO)SCCO)c(=O)[nH]c1=O. The van der Waals surface area contributed by atoms with Gasteiger partial charge in [-0.05, 0) is 6.92 Å². The molecule has 0 spiro atoms. The molecular formula is C10H16N2O4S. The maximum absolute atomic E-state index is 11.6. The molecule has 0 radical (unpaired) electrons. The number of hydrogen-bond acceptors (Lipinski definition) is 5. The van der Waals surface area contributed by atoms with E-state index in [4.69, 9.17) is 10.2 Å². The average Bonchev–Trinajstić information content (AvgIpc) is 2.29. The van der Waals surface area contributed by atoms with Crippen LogP contribution in [0.2, 0.25) is 0 Å². The van der Waals surface area contributed by atoms with Gasteiger partial charge in [0.2, 0.25) is 0 Å². The number of H-pyrrole nitrogens is 1. The van der Waals surface area contributed by atoms with Crippen LogP contribution in [0.25, 0.3) is 0 Å². The summed E-state index contributed by atoms with van der Waals surface area (Å²) in [5.74, 6) is 0.468. The van der Waals surface area contributed by atoms with E-state index in [1.165, 1.54) is 22.5 Å². The third kappa shape index (κ3) is 3.72. The van der Waals surface area contributed by atoms with E-state index in [2.05, 4.69) is 4.98 Å². The van der Waals surface area contributed by atoms with Crippen LogP contribution in [0.4, 0.5) is 0 Å². The van der Waals surface area contributed by atoms with Crippen molar-refractivity contribution in [3.05, 3.63) is 32.6 Å². The quantitative estimate of drug-likeness (QED) is 0.638. The van der Waals surface area contributed by atoms with Crippen molar-refractivity contribution >= 4 is 11.8 Å². The summed E-state index contributed by atoms with van der Waals surface area (Å²) >= 11 is 1.36.